The summed E-state index contributed by atoms with van der Waals surface area (Å²) in [5.41, 5.74) is -1.93. The average Bonchev–Trinajstić information content (AvgIpc) is 2.37. The first-order valence-electron chi connectivity index (χ1n) is 5.71. The minimum atomic E-state index is -1.42. The molecule has 0 aromatic carbocycles. The fourth-order valence-corrected chi connectivity index (χ4v) is 1.84. The normalized spacial score (nSPS) is 17.9. The van der Waals surface area contributed by atoms with Gasteiger partial charge in [0.2, 0.25) is 11.9 Å². The number of pyridine rings is 1. The largest absolute Gasteiger partial charge is 0.315 e. The van der Waals surface area contributed by atoms with Gasteiger partial charge in [0.05, 0.1) is 5.56 Å². The third kappa shape index (κ3) is 2.13. The predicted molar refractivity (Wildman–Crippen MR) is 62.4 cm³/mol. The van der Waals surface area contributed by atoms with E-state index in [1.165, 1.54) is 13.8 Å². The molecule has 2 rings (SSSR count). The van der Waals surface area contributed by atoms with E-state index in [0.29, 0.717) is 0 Å². The summed E-state index contributed by atoms with van der Waals surface area (Å²) in [5, 5.41) is 2.08. The molecule has 20 heavy (non-hydrogen) atoms. The Bertz CT molecular complexity index is 616. The van der Waals surface area contributed by atoms with Gasteiger partial charge in [-0.3, -0.25) is 19.7 Å². The van der Waals surface area contributed by atoms with E-state index in [0.717, 1.165) is 17.2 Å². The molecule has 2 heterocycles. The number of aromatic nitrogens is 1. The van der Waals surface area contributed by atoms with Gasteiger partial charge in [0.15, 0.2) is 5.82 Å². The van der Waals surface area contributed by atoms with E-state index in [-0.39, 0.29) is 0 Å². The molecule has 0 bridgehead atoms. The van der Waals surface area contributed by atoms with Gasteiger partial charge in [0.1, 0.15) is 12.1 Å². The molecule has 106 valence electrons. The van der Waals surface area contributed by atoms with Crippen molar-refractivity contribution in [2.45, 2.75) is 19.4 Å². The molecular formula is C12H11F2N3O3. The molecule has 0 saturated carbocycles. The van der Waals surface area contributed by atoms with Crippen LogP contribution in [0.1, 0.15) is 24.2 Å². The van der Waals surface area contributed by atoms with Crippen molar-refractivity contribution in [3.63, 3.8) is 0 Å². The number of amides is 3. The molecule has 1 aliphatic heterocycles. The zero-order valence-electron chi connectivity index (χ0n) is 10.7. The van der Waals surface area contributed by atoms with Crippen molar-refractivity contribution in [1.82, 2.24) is 15.2 Å². The number of rotatable bonds is 1. The molecule has 0 spiro atoms. The van der Waals surface area contributed by atoms with E-state index < -0.39 is 47.1 Å². The third-order valence-electron chi connectivity index (χ3n) is 3.11. The average molecular weight is 283 g/mol. The number of carbonyl (C=O) groups excluding carboxylic acids is 3. The highest BCUT2D eigenvalue weighted by Gasteiger charge is 2.44. The first-order valence-corrected chi connectivity index (χ1v) is 5.71. The van der Waals surface area contributed by atoms with Gasteiger partial charge in [0, 0.05) is 6.20 Å². The Labute approximate surface area is 112 Å². The molecule has 0 radical (unpaired) electrons. The highest BCUT2D eigenvalue weighted by Crippen LogP contribution is 2.22. The van der Waals surface area contributed by atoms with Crippen LogP contribution in [0.4, 0.5) is 8.78 Å². The quantitative estimate of drug-likeness (QED) is 0.591. The van der Waals surface area contributed by atoms with Crippen molar-refractivity contribution in [3.05, 3.63) is 29.6 Å². The smallest absolute Gasteiger partial charge is 0.258 e. The molecule has 1 saturated heterocycles. The van der Waals surface area contributed by atoms with Gasteiger partial charge in [-0.15, -0.1) is 0 Å². The van der Waals surface area contributed by atoms with Crippen LogP contribution < -0.4 is 5.32 Å². The summed E-state index contributed by atoms with van der Waals surface area (Å²) in [4.78, 5) is 39.3. The minimum absolute atomic E-state index is 0.416. The number of nitrogens with zero attached hydrogens (tertiary/aromatic N) is 2. The van der Waals surface area contributed by atoms with Gasteiger partial charge in [-0.05, 0) is 19.9 Å². The number of hydrogen-bond acceptors (Lipinski definition) is 4. The Morgan fingerprint density at radius 1 is 1.40 bits per heavy atom. The molecule has 1 aliphatic rings. The Hall–Kier alpha value is -2.38. The molecule has 0 aliphatic carbocycles. The molecule has 1 aromatic rings. The van der Waals surface area contributed by atoms with Crippen LogP contribution in [0.15, 0.2) is 12.3 Å². The molecule has 8 heteroatoms. The molecule has 1 aromatic heterocycles. The molecule has 0 unspecified atom stereocenters. The molecule has 0 atom stereocenters. The number of nitrogens with one attached hydrogen (secondary N) is 1. The third-order valence-corrected chi connectivity index (χ3v) is 3.11. The first-order chi connectivity index (χ1) is 9.25. The van der Waals surface area contributed by atoms with Gasteiger partial charge >= 0.3 is 0 Å². The van der Waals surface area contributed by atoms with Crippen LogP contribution in [-0.4, -0.2) is 39.7 Å². The Balaban J connectivity index is 2.43. The fourth-order valence-electron chi connectivity index (χ4n) is 1.84. The second-order valence-electron chi connectivity index (χ2n) is 4.79. The molecule has 6 nitrogen and oxygen atoms in total. The van der Waals surface area contributed by atoms with Gasteiger partial charge in [-0.2, -0.15) is 4.39 Å². The highest BCUT2D eigenvalue weighted by molar-refractivity contribution is 6.08. The second-order valence-corrected chi connectivity index (χ2v) is 4.79. The van der Waals surface area contributed by atoms with Crippen LogP contribution in [0.5, 0.6) is 0 Å². The maximum atomic E-state index is 13.6. The van der Waals surface area contributed by atoms with Crippen LogP contribution in [-0.2, 0) is 9.59 Å². The van der Waals surface area contributed by atoms with Gasteiger partial charge in [-0.1, -0.05) is 0 Å². The summed E-state index contributed by atoms with van der Waals surface area (Å²) in [6.45, 7) is 2.39. The lowest BCUT2D eigenvalue weighted by Crippen LogP contribution is -2.65. The molecule has 1 fully saturated rings. The fraction of sp³-hybridized carbons (Fsp3) is 0.333. The second kappa shape index (κ2) is 4.62. The van der Waals surface area contributed by atoms with E-state index in [2.05, 4.69) is 10.3 Å². The number of halogens is 2. The van der Waals surface area contributed by atoms with E-state index >= 15 is 0 Å². The van der Waals surface area contributed by atoms with Crippen LogP contribution in [0.2, 0.25) is 0 Å². The van der Waals surface area contributed by atoms with Crippen molar-refractivity contribution in [2.24, 2.45) is 0 Å². The number of hydrogen-bond donors (Lipinski definition) is 1. The van der Waals surface area contributed by atoms with Gasteiger partial charge in [0.25, 0.3) is 11.8 Å². The SMILES string of the molecule is CC1(C)C(=O)NC(=O)CN1C(=O)c1ccnc(F)c1F. The van der Waals surface area contributed by atoms with Crippen molar-refractivity contribution >= 4 is 17.7 Å². The van der Waals surface area contributed by atoms with E-state index in [4.69, 9.17) is 0 Å². The zero-order valence-corrected chi connectivity index (χ0v) is 10.7. The van der Waals surface area contributed by atoms with Crippen LogP contribution >= 0.6 is 0 Å². The van der Waals surface area contributed by atoms with E-state index in [1.54, 1.807) is 0 Å². The summed E-state index contributed by atoms with van der Waals surface area (Å²) in [7, 11) is 0. The summed E-state index contributed by atoms with van der Waals surface area (Å²) in [5.74, 6) is -5.14. The summed E-state index contributed by atoms with van der Waals surface area (Å²) < 4.78 is 26.6. The number of imide groups is 1. The Kier molecular flexibility index (Phi) is 3.24. The maximum Gasteiger partial charge on any atom is 0.258 e. The van der Waals surface area contributed by atoms with Crippen molar-refractivity contribution < 1.29 is 23.2 Å². The predicted octanol–water partition coefficient (Wildman–Crippen LogP) is 0.237. The first kappa shape index (κ1) is 14.0. The minimum Gasteiger partial charge on any atom is -0.315 e. The number of carbonyl (C=O) groups is 3. The van der Waals surface area contributed by atoms with E-state index in [9.17, 15) is 23.2 Å². The standard InChI is InChI=1S/C12H11F2N3O3/c1-12(2)11(20)16-7(18)5-17(12)10(19)6-3-4-15-9(14)8(6)13/h3-4H,5H2,1-2H3,(H,16,18,20). The topological polar surface area (TPSA) is 79.4 Å². The van der Waals surface area contributed by atoms with Crippen molar-refractivity contribution in [3.8, 4) is 0 Å². The summed E-state index contributed by atoms with van der Waals surface area (Å²) in [6.07, 6.45) is 0.935. The van der Waals surface area contributed by atoms with Gasteiger partial charge in [-0.25, -0.2) is 9.37 Å². The summed E-state index contributed by atoms with van der Waals surface area (Å²) >= 11 is 0. The van der Waals surface area contributed by atoms with E-state index in [1.807, 2.05) is 0 Å². The monoisotopic (exact) mass is 283 g/mol. The van der Waals surface area contributed by atoms with Crippen molar-refractivity contribution in [1.29, 1.82) is 0 Å². The Morgan fingerprint density at radius 3 is 2.70 bits per heavy atom. The van der Waals surface area contributed by atoms with Crippen LogP contribution in [0.3, 0.4) is 0 Å². The molecular weight excluding hydrogens is 272 g/mol. The Morgan fingerprint density at radius 2 is 2.05 bits per heavy atom. The lowest BCUT2D eigenvalue weighted by atomic mass is 9.97. The molecule has 3 amide bonds. The number of piperazine rings is 1. The lowest BCUT2D eigenvalue weighted by molar-refractivity contribution is -0.143. The van der Waals surface area contributed by atoms with Crippen LogP contribution in [0.25, 0.3) is 0 Å². The van der Waals surface area contributed by atoms with Gasteiger partial charge < -0.3 is 4.90 Å². The maximum absolute atomic E-state index is 13.6. The molecule has 1 N–H and O–H groups in total. The highest BCUT2D eigenvalue weighted by atomic mass is 19.2. The lowest BCUT2D eigenvalue weighted by Gasteiger charge is -2.40. The van der Waals surface area contributed by atoms with Crippen LogP contribution in [0, 0.1) is 11.8 Å². The van der Waals surface area contributed by atoms with Crippen molar-refractivity contribution in [2.75, 3.05) is 6.54 Å². The zero-order chi connectivity index (χ0) is 15.1. The summed E-state index contributed by atoms with van der Waals surface area (Å²) in [6, 6.07) is 0.994.